The molecule has 0 saturated heterocycles. The van der Waals surface area contributed by atoms with Crippen molar-refractivity contribution in [1.29, 1.82) is 0 Å². The lowest BCUT2D eigenvalue weighted by Crippen LogP contribution is -1.99. The third-order valence-electron chi connectivity index (χ3n) is 3.30. The molecule has 1 aliphatic heterocycles. The number of benzene rings is 2. The van der Waals surface area contributed by atoms with E-state index in [0.717, 1.165) is 27.8 Å². The smallest absolute Gasteiger partial charge is 0.137 e. The van der Waals surface area contributed by atoms with Crippen molar-refractivity contribution in [3.8, 4) is 5.75 Å². The Morgan fingerprint density at radius 2 is 2.00 bits per heavy atom. The molecule has 0 fully saturated rings. The standard InChI is InChI=1S/C15H10Br2ClFO/c16-9-6-8-4-5-20-15(8)11(7-9)14(18)10-2-1-3-12(19)13(10)17/h1-3,6-7,14H,4-5H2. The molecule has 1 atom stereocenters. The van der Waals surface area contributed by atoms with Gasteiger partial charge in [-0.05, 0) is 45.3 Å². The van der Waals surface area contributed by atoms with E-state index in [1.165, 1.54) is 6.07 Å². The highest BCUT2D eigenvalue weighted by Crippen LogP contribution is 2.43. The molecule has 0 saturated carbocycles. The van der Waals surface area contributed by atoms with E-state index in [4.69, 9.17) is 16.3 Å². The number of fused-ring (bicyclic) bond motifs is 1. The van der Waals surface area contributed by atoms with Gasteiger partial charge < -0.3 is 4.74 Å². The molecule has 0 bridgehead atoms. The van der Waals surface area contributed by atoms with Gasteiger partial charge in [0.05, 0.1) is 16.5 Å². The van der Waals surface area contributed by atoms with Crippen LogP contribution < -0.4 is 4.74 Å². The van der Waals surface area contributed by atoms with Crippen LogP contribution in [0.15, 0.2) is 39.3 Å². The molecular weight excluding hydrogens is 410 g/mol. The van der Waals surface area contributed by atoms with Gasteiger partial charge in [0.25, 0.3) is 0 Å². The van der Waals surface area contributed by atoms with Crippen molar-refractivity contribution < 1.29 is 9.13 Å². The molecule has 0 radical (unpaired) electrons. The minimum atomic E-state index is -0.468. The van der Waals surface area contributed by atoms with Crippen LogP contribution in [-0.4, -0.2) is 6.61 Å². The summed E-state index contributed by atoms with van der Waals surface area (Å²) >= 11 is 13.3. The van der Waals surface area contributed by atoms with E-state index >= 15 is 0 Å². The molecule has 1 aliphatic rings. The normalized spacial score (nSPS) is 14.8. The van der Waals surface area contributed by atoms with Gasteiger partial charge in [0.1, 0.15) is 11.6 Å². The van der Waals surface area contributed by atoms with Crippen LogP contribution in [0.1, 0.15) is 22.1 Å². The molecule has 20 heavy (non-hydrogen) atoms. The third-order valence-corrected chi connectivity index (χ3v) is 5.07. The van der Waals surface area contributed by atoms with E-state index in [2.05, 4.69) is 31.9 Å². The second-order valence-electron chi connectivity index (χ2n) is 4.59. The zero-order chi connectivity index (χ0) is 14.3. The van der Waals surface area contributed by atoms with Gasteiger partial charge in [0.2, 0.25) is 0 Å². The summed E-state index contributed by atoms with van der Waals surface area (Å²) in [5.74, 6) is 0.505. The Hall–Kier alpha value is -0.580. The molecule has 3 rings (SSSR count). The quantitative estimate of drug-likeness (QED) is 0.574. The lowest BCUT2D eigenvalue weighted by Gasteiger charge is -2.16. The molecule has 0 amide bonds. The van der Waals surface area contributed by atoms with Crippen molar-refractivity contribution in [3.63, 3.8) is 0 Å². The Balaban J connectivity index is 2.11. The summed E-state index contributed by atoms with van der Waals surface area (Å²) in [6.45, 7) is 0.659. The summed E-state index contributed by atoms with van der Waals surface area (Å²) in [5, 5.41) is -0.468. The lowest BCUT2D eigenvalue weighted by atomic mass is 10.0. The zero-order valence-corrected chi connectivity index (χ0v) is 14.2. The number of hydrogen-bond donors (Lipinski definition) is 0. The molecule has 1 nitrogen and oxygen atoms in total. The largest absolute Gasteiger partial charge is 0.493 e. The Kier molecular flexibility index (Phi) is 4.07. The van der Waals surface area contributed by atoms with E-state index in [0.29, 0.717) is 16.6 Å². The van der Waals surface area contributed by atoms with Crippen LogP contribution in [0.4, 0.5) is 4.39 Å². The SMILES string of the molecule is Fc1cccc(C(Cl)c2cc(Br)cc3c2OCC3)c1Br. The molecule has 5 heteroatoms. The highest BCUT2D eigenvalue weighted by molar-refractivity contribution is 9.10. The number of hydrogen-bond acceptors (Lipinski definition) is 1. The molecule has 2 aromatic carbocycles. The summed E-state index contributed by atoms with van der Waals surface area (Å²) in [4.78, 5) is 0. The predicted octanol–water partition coefficient (Wildman–Crippen LogP) is 5.61. The van der Waals surface area contributed by atoms with Crippen LogP contribution in [0.3, 0.4) is 0 Å². The first kappa shape index (κ1) is 14.4. The first-order valence-electron chi connectivity index (χ1n) is 6.11. The minimum absolute atomic E-state index is 0.319. The Bertz CT molecular complexity index is 675. The highest BCUT2D eigenvalue weighted by atomic mass is 79.9. The molecule has 2 aromatic rings. The monoisotopic (exact) mass is 418 g/mol. The van der Waals surface area contributed by atoms with Gasteiger partial charge in [-0.3, -0.25) is 0 Å². The Labute approximate surface area is 138 Å². The van der Waals surface area contributed by atoms with Gasteiger partial charge in [0, 0.05) is 16.5 Å². The zero-order valence-electron chi connectivity index (χ0n) is 10.3. The Morgan fingerprint density at radius 3 is 2.80 bits per heavy atom. The van der Waals surface area contributed by atoms with Crippen LogP contribution in [0.5, 0.6) is 5.75 Å². The summed E-state index contributed by atoms with van der Waals surface area (Å²) in [6.07, 6.45) is 0.871. The molecular formula is C15H10Br2ClFO. The molecule has 1 unspecified atom stereocenters. The first-order chi connectivity index (χ1) is 9.58. The fraction of sp³-hybridized carbons (Fsp3) is 0.200. The topological polar surface area (TPSA) is 9.23 Å². The van der Waals surface area contributed by atoms with Crippen LogP contribution >= 0.6 is 43.5 Å². The van der Waals surface area contributed by atoms with Crippen LogP contribution in [0.25, 0.3) is 0 Å². The van der Waals surface area contributed by atoms with E-state index in [-0.39, 0.29) is 5.82 Å². The molecule has 0 aliphatic carbocycles. The summed E-state index contributed by atoms with van der Waals surface area (Å²) in [7, 11) is 0. The number of alkyl halides is 1. The van der Waals surface area contributed by atoms with Crippen molar-refractivity contribution in [1.82, 2.24) is 0 Å². The van der Waals surface area contributed by atoms with Crippen molar-refractivity contribution >= 4 is 43.5 Å². The van der Waals surface area contributed by atoms with Crippen LogP contribution in [-0.2, 0) is 6.42 Å². The number of ether oxygens (including phenoxy) is 1. The van der Waals surface area contributed by atoms with Gasteiger partial charge >= 0.3 is 0 Å². The molecule has 104 valence electrons. The summed E-state index contributed by atoms with van der Waals surface area (Å²) in [5.41, 5.74) is 2.69. The maximum absolute atomic E-state index is 13.7. The fourth-order valence-electron chi connectivity index (χ4n) is 2.37. The second kappa shape index (κ2) is 5.66. The average Bonchev–Trinajstić information content (AvgIpc) is 2.88. The van der Waals surface area contributed by atoms with Gasteiger partial charge in [-0.2, -0.15) is 0 Å². The van der Waals surface area contributed by atoms with E-state index in [1.807, 2.05) is 18.2 Å². The molecule has 0 spiro atoms. The van der Waals surface area contributed by atoms with Gasteiger partial charge in [-0.15, -0.1) is 11.6 Å². The average molecular weight is 421 g/mol. The van der Waals surface area contributed by atoms with Gasteiger partial charge in [-0.1, -0.05) is 28.1 Å². The second-order valence-corrected chi connectivity index (χ2v) is 6.73. The first-order valence-corrected chi connectivity index (χ1v) is 8.13. The maximum atomic E-state index is 13.7. The molecule has 0 aromatic heterocycles. The summed E-state index contributed by atoms with van der Waals surface area (Å²) < 4.78 is 20.7. The van der Waals surface area contributed by atoms with Crippen molar-refractivity contribution in [2.75, 3.05) is 6.61 Å². The Morgan fingerprint density at radius 1 is 1.20 bits per heavy atom. The predicted molar refractivity (Wildman–Crippen MR) is 85.1 cm³/mol. The molecule has 1 heterocycles. The molecule has 0 N–H and O–H groups in total. The van der Waals surface area contributed by atoms with Crippen molar-refractivity contribution in [2.24, 2.45) is 0 Å². The fourth-order valence-corrected chi connectivity index (χ4v) is 3.86. The van der Waals surface area contributed by atoms with E-state index in [1.54, 1.807) is 6.07 Å². The van der Waals surface area contributed by atoms with E-state index in [9.17, 15) is 4.39 Å². The highest BCUT2D eigenvalue weighted by Gasteiger charge is 2.25. The van der Waals surface area contributed by atoms with Crippen molar-refractivity contribution in [3.05, 3.63) is 61.8 Å². The van der Waals surface area contributed by atoms with Crippen molar-refractivity contribution in [2.45, 2.75) is 11.8 Å². The van der Waals surface area contributed by atoms with Gasteiger partial charge in [-0.25, -0.2) is 4.39 Å². The van der Waals surface area contributed by atoms with Crippen LogP contribution in [0, 0.1) is 5.82 Å². The van der Waals surface area contributed by atoms with E-state index < -0.39 is 5.38 Å². The number of rotatable bonds is 2. The lowest BCUT2D eigenvalue weighted by molar-refractivity contribution is 0.353. The third kappa shape index (κ3) is 2.49. The van der Waals surface area contributed by atoms with Gasteiger partial charge in [0.15, 0.2) is 0 Å². The minimum Gasteiger partial charge on any atom is -0.493 e. The summed E-state index contributed by atoms with van der Waals surface area (Å²) in [6, 6.07) is 8.84. The van der Waals surface area contributed by atoms with Crippen LogP contribution in [0.2, 0.25) is 0 Å². The maximum Gasteiger partial charge on any atom is 0.137 e. The number of halogens is 4.